The van der Waals surface area contributed by atoms with Crippen molar-refractivity contribution in [1.29, 1.82) is 0 Å². The van der Waals surface area contributed by atoms with Gasteiger partial charge in [-0.3, -0.25) is 14.5 Å². The van der Waals surface area contributed by atoms with Crippen molar-refractivity contribution >= 4 is 28.9 Å². The summed E-state index contributed by atoms with van der Waals surface area (Å²) >= 11 is 1.41. The quantitative estimate of drug-likeness (QED) is 0.903. The van der Waals surface area contributed by atoms with Crippen LogP contribution in [0.2, 0.25) is 0 Å². The third-order valence-corrected chi connectivity index (χ3v) is 5.01. The molecule has 5 nitrogen and oxygen atoms in total. The maximum absolute atomic E-state index is 14.0. The van der Waals surface area contributed by atoms with Gasteiger partial charge in [0.1, 0.15) is 11.9 Å². The normalized spacial score (nSPS) is 19.0. The zero-order valence-corrected chi connectivity index (χ0v) is 13.9. The Morgan fingerprint density at radius 1 is 1.42 bits per heavy atom. The lowest BCUT2D eigenvalue weighted by Crippen LogP contribution is -2.44. The lowest BCUT2D eigenvalue weighted by molar-refractivity contribution is -0.144. The highest BCUT2D eigenvalue weighted by Crippen LogP contribution is 2.31. The Morgan fingerprint density at radius 3 is 2.79 bits per heavy atom. The fourth-order valence-corrected chi connectivity index (χ4v) is 3.79. The number of benzene rings is 1. The molecule has 1 aromatic heterocycles. The lowest BCUT2D eigenvalue weighted by atomic mass is 10.1. The molecular formula is C17H17FN2O3S. The van der Waals surface area contributed by atoms with Crippen LogP contribution >= 0.6 is 11.3 Å². The Balaban J connectivity index is 1.84. The number of carbonyl (C=O) groups excluding carboxylic acids is 1. The van der Waals surface area contributed by atoms with Crippen LogP contribution in [0.15, 0.2) is 41.1 Å². The van der Waals surface area contributed by atoms with Crippen LogP contribution in [0.25, 0.3) is 0 Å². The van der Waals surface area contributed by atoms with Crippen LogP contribution < -0.4 is 4.90 Å². The molecule has 1 aliphatic heterocycles. The Hall–Kier alpha value is -2.25. The van der Waals surface area contributed by atoms with E-state index in [1.54, 1.807) is 47.0 Å². The van der Waals surface area contributed by atoms with Crippen LogP contribution in [-0.4, -0.2) is 41.5 Å². The molecular weight excluding hydrogens is 331 g/mol. The first-order valence-corrected chi connectivity index (χ1v) is 8.47. The minimum atomic E-state index is -1.01. The number of hydrogen-bond acceptors (Lipinski definition) is 4. The van der Waals surface area contributed by atoms with Gasteiger partial charge in [-0.05, 0) is 48.0 Å². The molecule has 0 saturated carbocycles. The fraction of sp³-hybridized carbons (Fsp3) is 0.294. The summed E-state index contributed by atoms with van der Waals surface area (Å²) in [7, 11) is 1.63. The zero-order valence-electron chi connectivity index (χ0n) is 13.1. The molecule has 126 valence electrons. The number of likely N-dealkylation sites (N-methyl/N-ethyl adjacent to an activating group) is 1. The second kappa shape index (κ2) is 6.70. The molecule has 1 amide bonds. The van der Waals surface area contributed by atoms with Crippen molar-refractivity contribution < 1.29 is 19.1 Å². The average molecular weight is 348 g/mol. The average Bonchev–Trinajstić information content (AvgIpc) is 3.18. The third-order valence-electron chi connectivity index (χ3n) is 4.31. The number of aliphatic carboxylic acids is 1. The first kappa shape index (κ1) is 16.6. The molecule has 2 unspecified atom stereocenters. The zero-order chi connectivity index (χ0) is 17.3. The van der Waals surface area contributed by atoms with E-state index >= 15 is 0 Å². The Kier molecular flexibility index (Phi) is 4.64. The van der Waals surface area contributed by atoms with Crippen LogP contribution in [0.4, 0.5) is 10.1 Å². The van der Waals surface area contributed by atoms with Crippen LogP contribution in [0.3, 0.4) is 0 Å². The molecule has 1 aromatic carbocycles. The van der Waals surface area contributed by atoms with E-state index in [0.29, 0.717) is 18.5 Å². The van der Waals surface area contributed by atoms with E-state index in [-0.39, 0.29) is 11.6 Å². The first-order chi connectivity index (χ1) is 11.5. The number of thiophene rings is 1. The fourth-order valence-electron chi connectivity index (χ4n) is 3.12. The van der Waals surface area contributed by atoms with E-state index < -0.39 is 23.9 Å². The largest absolute Gasteiger partial charge is 0.480 e. The molecule has 24 heavy (non-hydrogen) atoms. The number of halogens is 1. The molecule has 1 saturated heterocycles. The molecule has 7 heteroatoms. The van der Waals surface area contributed by atoms with Gasteiger partial charge in [-0.15, -0.1) is 0 Å². The van der Waals surface area contributed by atoms with Crippen LogP contribution in [-0.2, 0) is 9.59 Å². The maximum Gasteiger partial charge on any atom is 0.325 e. The summed E-state index contributed by atoms with van der Waals surface area (Å²) in [5, 5.41) is 13.1. The van der Waals surface area contributed by atoms with E-state index in [1.165, 1.54) is 22.3 Å². The van der Waals surface area contributed by atoms with Crippen molar-refractivity contribution in [2.24, 2.45) is 0 Å². The predicted molar refractivity (Wildman–Crippen MR) is 89.6 cm³/mol. The van der Waals surface area contributed by atoms with Crippen LogP contribution in [0.5, 0.6) is 0 Å². The number of nitrogens with zero attached hydrogens (tertiary/aromatic N) is 2. The molecule has 1 N–H and O–H groups in total. The van der Waals surface area contributed by atoms with Crippen molar-refractivity contribution in [3.63, 3.8) is 0 Å². The minimum Gasteiger partial charge on any atom is -0.480 e. The molecule has 0 aliphatic carbocycles. The second-order valence-corrected chi connectivity index (χ2v) is 6.49. The SMILES string of the molecule is CN(C1CCN(c2ccccc2F)C1=O)C(C(=O)O)c1ccsc1. The summed E-state index contributed by atoms with van der Waals surface area (Å²) < 4.78 is 14.0. The number of para-hydroxylation sites is 1. The van der Waals surface area contributed by atoms with Gasteiger partial charge in [0.15, 0.2) is 0 Å². The van der Waals surface area contributed by atoms with Gasteiger partial charge in [-0.2, -0.15) is 11.3 Å². The summed E-state index contributed by atoms with van der Waals surface area (Å²) in [6.07, 6.45) is 0.456. The molecule has 1 aliphatic rings. The minimum absolute atomic E-state index is 0.237. The highest BCUT2D eigenvalue weighted by Gasteiger charge is 2.40. The van der Waals surface area contributed by atoms with Gasteiger partial charge in [0.25, 0.3) is 0 Å². The maximum atomic E-state index is 14.0. The van der Waals surface area contributed by atoms with Crippen molar-refractivity contribution in [3.05, 3.63) is 52.5 Å². The van der Waals surface area contributed by atoms with E-state index in [0.717, 1.165) is 0 Å². The topological polar surface area (TPSA) is 60.9 Å². The molecule has 2 aromatic rings. The Morgan fingerprint density at radius 2 is 2.17 bits per heavy atom. The molecule has 2 atom stereocenters. The molecule has 2 heterocycles. The molecule has 0 bridgehead atoms. The van der Waals surface area contributed by atoms with E-state index in [1.807, 2.05) is 0 Å². The van der Waals surface area contributed by atoms with Crippen molar-refractivity contribution in [2.45, 2.75) is 18.5 Å². The summed E-state index contributed by atoms with van der Waals surface area (Å²) in [4.78, 5) is 27.4. The number of carboxylic acid groups (broad SMARTS) is 1. The summed E-state index contributed by atoms with van der Waals surface area (Å²) in [5.41, 5.74) is 0.882. The smallest absolute Gasteiger partial charge is 0.325 e. The van der Waals surface area contributed by atoms with E-state index in [4.69, 9.17) is 0 Å². The summed E-state index contributed by atoms with van der Waals surface area (Å²) in [6, 6.07) is 6.37. The first-order valence-electron chi connectivity index (χ1n) is 7.53. The van der Waals surface area contributed by atoms with E-state index in [2.05, 4.69) is 0 Å². The molecule has 0 radical (unpaired) electrons. The van der Waals surface area contributed by atoms with Crippen molar-refractivity contribution in [2.75, 3.05) is 18.5 Å². The number of carboxylic acids is 1. The highest BCUT2D eigenvalue weighted by molar-refractivity contribution is 7.08. The Labute approximate surface area is 142 Å². The van der Waals surface area contributed by atoms with Gasteiger partial charge in [0.2, 0.25) is 5.91 Å². The van der Waals surface area contributed by atoms with Gasteiger partial charge in [0, 0.05) is 6.54 Å². The lowest BCUT2D eigenvalue weighted by Gasteiger charge is -2.29. The van der Waals surface area contributed by atoms with E-state index in [9.17, 15) is 19.1 Å². The van der Waals surface area contributed by atoms with Gasteiger partial charge < -0.3 is 10.0 Å². The number of amides is 1. The highest BCUT2D eigenvalue weighted by atomic mass is 32.1. The predicted octanol–water partition coefficient (Wildman–Crippen LogP) is 2.75. The standard InChI is InChI=1S/C17H17FN2O3S/c1-19(15(17(22)23)11-7-9-24-10-11)14-6-8-20(16(14)21)13-5-3-2-4-12(13)18/h2-5,7,9-10,14-15H,6,8H2,1H3,(H,22,23). The number of rotatable bonds is 5. The third kappa shape index (κ3) is 2.92. The summed E-state index contributed by atoms with van der Waals surface area (Å²) in [5.74, 6) is -1.74. The second-order valence-electron chi connectivity index (χ2n) is 5.71. The number of hydrogen-bond donors (Lipinski definition) is 1. The van der Waals surface area contributed by atoms with Gasteiger partial charge in [-0.25, -0.2) is 4.39 Å². The molecule has 0 spiro atoms. The van der Waals surface area contributed by atoms with Crippen molar-refractivity contribution in [3.8, 4) is 0 Å². The van der Waals surface area contributed by atoms with Gasteiger partial charge in [0.05, 0.1) is 11.7 Å². The molecule has 3 rings (SSSR count). The Bertz CT molecular complexity index is 750. The number of carbonyl (C=O) groups is 2. The van der Waals surface area contributed by atoms with Crippen LogP contribution in [0.1, 0.15) is 18.0 Å². The summed E-state index contributed by atoms with van der Waals surface area (Å²) in [6.45, 7) is 0.366. The monoisotopic (exact) mass is 348 g/mol. The van der Waals surface area contributed by atoms with Crippen molar-refractivity contribution in [1.82, 2.24) is 4.90 Å². The van der Waals surface area contributed by atoms with Crippen LogP contribution in [0, 0.1) is 5.82 Å². The van der Waals surface area contributed by atoms with Gasteiger partial charge in [-0.1, -0.05) is 12.1 Å². The number of anilines is 1. The van der Waals surface area contributed by atoms with Gasteiger partial charge >= 0.3 is 5.97 Å². The molecule has 1 fully saturated rings.